The van der Waals surface area contributed by atoms with Crippen LogP contribution in [0.3, 0.4) is 0 Å². The lowest BCUT2D eigenvalue weighted by atomic mass is 10.1. The second-order valence-corrected chi connectivity index (χ2v) is 4.95. The first-order chi connectivity index (χ1) is 8.74. The molecule has 94 valence electrons. The summed E-state index contributed by atoms with van der Waals surface area (Å²) in [6.45, 7) is 1.32. The molecule has 0 fully saturated rings. The van der Waals surface area contributed by atoms with Gasteiger partial charge in [-0.25, -0.2) is 0 Å². The zero-order chi connectivity index (χ0) is 12.7. The average Bonchev–Trinajstić information content (AvgIpc) is 2.53. The highest BCUT2D eigenvalue weighted by Gasteiger charge is 2.32. The average molecular weight is 244 g/mol. The van der Waals surface area contributed by atoms with Gasteiger partial charge in [-0.3, -0.25) is 4.79 Å². The Hall–Kier alpha value is -1.96. The number of hydrogen-bond donors (Lipinski definition) is 1. The fourth-order valence-electron chi connectivity index (χ4n) is 2.97. The summed E-state index contributed by atoms with van der Waals surface area (Å²) < 4.78 is 2.06. The van der Waals surface area contributed by atoms with Crippen LogP contribution < -0.4 is 10.2 Å². The largest absolute Gasteiger partial charge is 0.354 e. The van der Waals surface area contributed by atoms with Crippen LogP contribution in [0.15, 0.2) is 0 Å². The molecule has 1 amide bonds. The monoisotopic (exact) mass is 244 g/mol. The van der Waals surface area contributed by atoms with Gasteiger partial charge in [-0.15, -0.1) is 0 Å². The summed E-state index contributed by atoms with van der Waals surface area (Å²) >= 11 is 0. The van der Waals surface area contributed by atoms with Gasteiger partial charge in [0.15, 0.2) is 0 Å². The molecule has 0 spiro atoms. The molecule has 0 aromatic carbocycles. The lowest BCUT2D eigenvalue weighted by Crippen LogP contribution is -2.42. The zero-order valence-corrected chi connectivity index (χ0v) is 10.5. The Balaban J connectivity index is 2.27. The molecule has 2 aliphatic heterocycles. The second-order valence-electron chi connectivity index (χ2n) is 4.95. The molecule has 2 aliphatic rings. The first-order valence-electron chi connectivity index (χ1n) is 6.39. The molecule has 0 unspecified atom stereocenters. The molecule has 0 bridgehead atoms. The van der Waals surface area contributed by atoms with Crippen LogP contribution in [0.5, 0.6) is 0 Å². The van der Waals surface area contributed by atoms with Crippen molar-refractivity contribution in [3.05, 3.63) is 17.0 Å². The van der Waals surface area contributed by atoms with Gasteiger partial charge in [-0.2, -0.15) is 5.26 Å². The van der Waals surface area contributed by atoms with Crippen molar-refractivity contribution in [3.8, 4) is 6.07 Å². The highest BCUT2D eigenvalue weighted by atomic mass is 16.2. The SMILES string of the molecule is CN1CNC(=O)c2c1c(C#N)c1n2CCCCC1. The minimum atomic E-state index is -0.0484. The Labute approximate surface area is 106 Å². The fraction of sp³-hybridized carbons (Fsp3) is 0.538. The maximum atomic E-state index is 12.1. The van der Waals surface area contributed by atoms with Gasteiger partial charge in [0, 0.05) is 19.3 Å². The van der Waals surface area contributed by atoms with Crippen molar-refractivity contribution in [3.63, 3.8) is 0 Å². The molecule has 18 heavy (non-hydrogen) atoms. The van der Waals surface area contributed by atoms with E-state index in [-0.39, 0.29) is 5.91 Å². The number of hydrogen-bond acceptors (Lipinski definition) is 3. The van der Waals surface area contributed by atoms with Gasteiger partial charge in [0.1, 0.15) is 11.8 Å². The topological polar surface area (TPSA) is 61.1 Å². The van der Waals surface area contributed by atoms with Gasteiger partial charge in [-0.05, 0) is 19.3 Å². The summed E-state index contributed by atoms with van der Waals surface area (Å²) in [6.07, 6.45) is 4.24. The Morgan fingerprint density at radius 3 is 2.94 bits per heavy atom. The number of anilines is 1. The van der Waals surface area contributed by atoms with E-state index in [0.29, 0.717) is 17.9 Å². The molecule has 0 radical (unpaired) electrons. The number of amides is 1. The third-order valence-corrected chi connectivity index (χ3v) is 3.83. The highest BCUT2D eigenvalue weighted by molar-refractivity contribution is 6.02. The predicted molar refractivity (Wildman–Crippen MR) is 67.4 cm³/mol. The lowest BCUT2D eigenvalue weighted by molar-refractivity contribution is 0.0938. The van der Waals surface area contributed by atoms with Crippen molar-refractivity contribution in [2.45, 2.75) is 32.2 Å². The molecular weight excluding hydrogens is 228 g/mol. The van der Waals surface area contributed by atoms with Crippen molar-refractivity contribution < 1.29 is 4.79 Å². The predicted octanol–water partition coefficient (Wildman–Crippen LogP) is 1.22. The van der Waals surface area contributed by atoms with E-state index in [1.807, 2.05) is 11.9 Å². The zero-order valence-electron chi connectivity index (χ0n) is 10.5. The number of nitriles is 1. The van der Waals surface area contributed by atoms with Crippen molar-refractivity contribution in [1.82, 2.24) is 9.88 Å². The normalized spacial score (nSPS) is 18.4. The highest BCUT2D eigenvalue weighted by Crippen LogP contribution is 2.35. The lowest BCUT2D eigenvalue weighted by Gasteiger charge is -2.26. The minimum Gasteiger partial charge on any atom is -0.354 e. The van der Waals surface area contributed by atoms with E-state index >= 15 is 0 Å². The maximum Gasteiger partial charge on any atom is 0.271 e. The van der Waals surface area contributed by atoms with Crippen molar-refractivity contribution in [2.75, 3.05) is 18.6 Å². The molecule has 3 heterocycles. The molecule has 3 rings (SSSR count). The molecule has 0 saturated heterocycles. The molecule has 1 aromatic rings. The van der Waals surface area contributed by atoms with E-state index in [9.17, 15) is 10.1 Å². The van der Waals surface area contributed by atoms with E-state index in [4.69, 9.17) is 0 Å². The van der Waals surface area contributed by atoms with Crippen LogP contribution in [0.2, 0.25) is 0 Å². The molecule has 1 N–H and O–H groups in total. The number of carbonyl (C=O) groups excluding carboxylic acids is 1. The van der Waals surface area contributed by atoms with E-state index < -0.39 is 0 Å². The van der Waals surface area contributed by atoms with E-state index in [1.165, 1.54) is 6.42 Å². The number of aromatic nitrogens is 1. The minimum absolute atomic E-state index is 0.0484. The summed E-state index contributed by atoms with van der Waals surface area (Å²) in [7, 11) is 1.92. The summed E-state index contributed by atoms with van der Waals surface area (Å²) in [5.41, 5.74) is 3.24. The molecule has 0 atom stereocenters. The van der Waals surface area contributed by atoms with Gasteiger partial charge >= 0.3 is 0 Å². The molecule has 5 heteroatoms. The van der Waals surface area contributed by atoms with Crippen LogP contribution in [-0.4, -0.2) is 24.2 Å². The van der Waals surface area contributed by atoms with Gasteiger partial charge in [-0.1, -0.05) is 6.42 Å². The van der Waals surface area contributed by atoms with Crippen molar-refractivity contribution in [2.24, 2.45) is 0 Å². The summed E-state index contributed by atoms with van der Waals surface area (Å²) in [6, 6.07) is 2.30. The molecule has 0 saturated carbocycles. The van der Waals surface area contributed by atoms with E-state index in [1.54, 1.807) is 0 Å². The number of carbonyl (C=O) groups is 1. The smallest absolute Gasteiger partial charge is 0.271 e. The number of fused-ring (bicyclic) bond motifs is 3. The van der Waals surface area contributed by atoms with Crippen LogP contribution in [0, 0.1) is 11.3 Å². The Kier molecular flexibility index (Phi) is 2.51. The first kappa shape index (κ1) is 11.1. The van der Waals surface area contributed by atoms with E-state index in [0.717, 1.165) is 37.2 Å². The van der Waals surface area contributed by atoms with Crippen LogP contribution in [0.1, 0.15) is 41.0 Å². The maximum absolute atomic E-state index is 12.1. The number of nitrogens with one attached hydrogen (secondary N) is 1. The Bertz CT molecular complexity index is 552. The molecule has 0 aliphatic carbocycles. The van der Waals surface area contributed by atoms with E-state index in [2.05, 4.69) is 16.0 Å². The van der Waals surface area contributed by atoms with Gasteiger partial charge in [0.05, 0.1) is 17.9 Å². The summed E-state index contributed by atoms with van der Waals surface area (Å²) in [5.74, 6) is -0.0484. The fourth-order valence-corrected chi connectivity index (χ4v) is 2.97. The van der Waals surface area contributed by atoms with Crippen LogP contribution in [-0.2, 0) is 13.0 Å². The molecule has 5 nitrogen and oxygen atoms in total. The van der Waals surface area contributed by atoms with Crippen LogP contribution in [0.4, 0.5) is 5.69 Å². The summed E-state index contributed by atoms with van der Waals surface area (Å²) in [5, 5.41) is 12.3. The van der Waals surface area contributed by atoms with Crippen molar-refractivity contribution in [1.29, 1.82) is 5.26 Å². The van der Waals surface area contributed by atoms with Crippen LogP contribution in [0.25, 0.3) is 0 Å². The third-order valence-electron chi connectivity index (χ3n) is 3.83. The number of nitrogens with zero attached hydrogens (tertiary/aromatic N) is 3. The Morgan fingerprint density at radius 2 is 2.17 bits per heavy atom. The molecule has 1 aromatic heterocycles. The Morgan fingerprint density at radius 1 is 1.33 bits per heavy atom. The standard InChI is InChI=1S/C13H16N4O/c1-16-8-15-13(18)12-11(16)9(7-14)10-5-3-2-4-6-17(10)12/h2-6,8H2,1H3,(H,15,18). The quantitative estimate of drug-likeness (QED) is 0.746. The van der Waals surface area contributed by atoms with Gasteiger partial charge < -0.3 is 14.8 Å². The molecular formula is C13H16N4O. The summed E-state index contributed by atoms with van der Waals surface area (Å²) in [4.78, 5) is 14.0. The first-order valence-corrected chi connectivity index (χ1v) is 6.39. The second kappa shape index (κ2) is 4.05. The van der Waals surface area contributed by atoms with Gasteiger partial charge in [0.2, 0.25) is 0 Å². The van der Waals surface area contributed by atoms with Crippen molar-refractivity contribution >= 4 is 11.6 Å². The number of rotatable bonds is 0. The van der Waals surface area contributed by atoms with Gasteiger partial charge in [0.25, 0.3) is 5.91 Å². The van der Waals surface area contributed by atoms with Crippen LogP contribution >= 0.6 is 0 Å². The third kappa shape index (κ3) is 1.42.